The van der Waals surface area contributed by atoms with Crippen LogP contribution < -0.4 is 5.32 Å². The monoisotopic (exact) mass is 183 g/mol. The zero-order chi connectivity index (χ0) is 9.68. The third-order valence-corrected chi connectivity index (χ3v) is 1.60. The van der Waals surface area contributed by atoms with Crippen molar-refractivity contribution in [1.82, 2.24) is 5.32 Å². The average molecular weight is 183 g/mol. The maximum Gasteiger partial charge on any atom is 0.166 e. The van der Waals surface area contributed by atoms with Gasteiger partial charge in [0.1, 0.15) is 0 Å². The van der Waals surface area contributed by atoms with Crippen LogP contribution in [-0.2, 0) is 0 Å². The van der Waals surface area contributed by atoms with Crippen molar-refractivity contribution in [3.63, 3.8) is 0 Å². The predicted octanol–water partition coefficient (Wildman–Crippen LogP) is 2.20. The van der Waals surface area contributed by atoms with Gasteiger partial charge in [0, 0.05) is 12.1 Å². The zero-order valence-electron chi connectivity index (χ0n) is 7.35. The fourth-order valence-corrected chi connectivity index (χ4v) is 0.953. The molecule has 0 spiro atoms. The number of nitrogens with one attached hydrogen (secondary N) is 1. The summed E-state index contributed by atoms with van der Waals surface area (Å²) in [6.07, 6.45) is 3.28. The molecule has 0 heterocycles. The van der Waals surface area contributed by atoms with Crippen LogP contribution in [0.1, 0.15) is 5.56 Å². The van der Waals surface area contributed by atoms with E-state index in [1.54, 1.807) is 19.2 Å². The van der Waals surface area contributed by atoms with Crippen LogP contribution in [0.5, 0.6) is 0 Å². The van der Waals surface area contributed by atoms with Gasteiger partial charge in [-0.05, 0) is 13.1 Å². The Hall–Kier alpha value is -1.22. The van der Waals surface area contributed by atoms with E-state index in [4.69, 9.17) is 0 Å². The van der Waals surface area contributed by atoms with Crippen LogP contribution >= 0.6 is 0 Å². The lowest BCUT2D eigenvalue weighted by atomic mass is 10.2. The molecule has 3 heteroatoms. The van der Waals surface area contributed by atoms with Crippen molar-refractivity contribution in [2.45, 2.75) is 0 Å². The van der Waals surface area contributed by atoms with E-state index in [0.717, 1.165) is 6.07 Å². The minimum absolute atomic E-state index is 0.273. The van der Waals surface area contributed by atoms with Crippen LogP contribution in [0.25, 0.3) is 6.08 Å². The molecular formula is C10H11F2N. The summed E-state index contributed by atoms with van der Waals surface area (Å²) in [5.41, 5.74) is 0.273. The molecule has 0 aromatic heterocycles. The summed E-state index contributed by atoms with van der Waals surface area (Å²) >= 11 is 0. The Morgan fingerprint density at radius 3 is 2.85 bits per heavy atom. The molecule has 0 radical (unpaired) electrons. The lowest BCUT2D eigenvalue weighted by Crippen LogP contribution is -2.03. The van der Waals surface area contributed by atoms with Crippen LogP contribution in [0, 0.1) is 11.6 Å². The van der Waals surface area contributed by atoms with Crippen LogP contribution in [0.2, 0.25) is 0 Å². The second-order valence-electron chi connectivity index (χ2n) is 2.60. The minimum atomic E-state index is -0.813. The molecule has 1 aromatic rings. The molecule has 0 bridgehead atoms. The fourth-order valence-electron chi connectivity index (χ4n) is 0.953. The highest BCUT2D eigenvalue weighted by molar-refractivity contribution is 5.50. The van der Waals surface area contributed by atoms with Crippen molar-refractivity contribution in [2.75, 3.05) is 13.6 Å². The van der Waals surface area contributed by atoms with E-state index in [2.05, 4.69) is 5.32 Å². The highest BCUT2D eigenvalue weighted by Gasteiger charge is 2.03. The van der Waals surface area contributed by atoms with Gasteiger partial charge in [-0.15, -0.1) is 0 Å². The maximum atomic E-state index is 13.0. The number of hydrogen-bond acceptors (Lipinski definition) is 1. The van der Waals surface area contributed by atoms with Crippen LogP contribution in [0.4, 0.5) is 8.78 Å². The third kappa shape index (κ3) is 2.63. The van der Waals surface area contributed by atoms with E-state index >= 15 is 0 Å². The van der Waals surface area contributed by atoms with Crippen molar-refractivity contribution in [1.29, 1.82) is 0 Å². The standard InChI is InChI=1S/C10H11F2N/c1-13-7-3-5-8-4-2-6-9(11)10(8)12/h2-6,13H,7H2,1H3. The van der Waals surface area contributed by atoms with E-state index in [1.807, 2.05) is 0 Å². The lowest BCUT2D eigenvalue weighted by molar-refractivity contribution is 0.507. The first-order valence-corrected chi connectivity index (χ1v) is 4.01. The molecule has 0 unspecified atom stereocenters. The SMILES string of the molecule is CNCC=Cc1cccc(F)c1F. The Morgan fingerprint density at radius 2 is 2.15 bits per heavy atom. The summed E-state index contributed by atoms with van der Waals surface area (Å²) < 4.78 is 25.6. The van der Waals surface area contributed by atoms with Gasteiger partial charge in [0.15, 0.2) is 11.6 Å². The number of hydrogen-bond donors (Lipinski definition) is 1. The van der Waals surface area contributed by atoms with Gasteiger partial charge >= 0.3 is 0 Å². The van der Waals surface area contributed by atoms with Crippen LogP contribution in [-0.4, -0.2) is 13.6 Å². The van der Waals surface area contributed by atoms with Gasteiger partial charge in [-0.3, -0.25) is 0 Å². The quantitative estimate of drug-likeness (QED) is 0.757. The molecule has 0 aliphatic rings. The molecular weight excluding hydrogens is 172 g/mol. The van der Waals surface area contributed by atoms with Gasteiger partial charge < -0.3 is 5.32 Å². The van der Waals surface area contributed by atoms with Gasteiger partial charge in [-0.1, -0.05) is 24.3 Å². The molecule has 1 rings (SSSR count). The first-order valence-electron chi connectivity index (χ1n) is 4.01. The molecule has 0 saturated carbocycles. The molecule has 0 fully saturated rings. The average Bonchev–Trinajstić information content (AvgIpc) is 2.13. The van der Waals surface area contributed by atoms with E-state index in [-0.39, 0.29) is 5.56 Å². The Balaban J connectivity index is 2.83. The van der Waals surface area contributed by atoms with E-state index in [9.17, 15) is 8.78 Å². The van der Waals surface area contributed by atoms with Crippen molar-refractivity contribution in [3.05, 3.63) is 41.5 Å². The second kappa shape index (κ2) is 4.72. The normalized spacial score (nSPS) is 11.0. The molecule has 0 amide bonds. The summed E-state index contributed by atoms with van der Waals surface area (Å²) in [5, 5.41) is 2.87. The van der Waals surface area contributed by atoms with Gasteiger partial charge in [0.25, 0.3) is 0 Å². The van der Waals surface area contributed by atoms with Crippen LogP contribution in [0.3, 0.4) is 0 Å². The molecule has 70 valence electrons. The first kappa shape index (κ1) is 9.86. The Bertz CT molecular complexity index is 308. The van der Waals surface area contributed by atoms with Gasteiger partial charge in [0.05, 0.1) is 0 Å². The first-order chi connectivity index (χ1) is 6.25. The summed E-state index contributed by atoms with van der Waals surface area (Å²) in [6.45, 7) is 0.635. The van der Waals surface area contributed by atoms with Crippen LogP contribution in [0.15, 0.2) is 24.3 Å². The van der Waals surface area contributed by atoms with Crippen molar-refractivity contribution in [3.8, 4) is 0 Å². The fraction of sp³-hybridized carbons (Fsp3) is 0.200. The summed E-state index contributed by atoms with van der Waals surface area (Å²) in [6, 6.07) is 4.12. The predicted molar refractivity (Wildman–Crippen MR) is 49.3 cm³/mol. The highest BCUT2D eigenvalue weighted by Crippen LogP contribution is 2.12. The van der Waals surface area contributed by atoms with Gasteiger partial charge in [-0.2, -0.15) is 0 Å². The summed E-state index contributed by atoms with van der Waals surface area (Å²) in [4.78, 5) is 0. The molecule has 0 aliphatic carbocycles. The molecule has 0 atom stereocenters. The number of halogens is 2. The minimum Gasteiger partial charge on any atom is -0.316 e. The Labute approximate surface area is 76.1 Å². The smallest absolute Gasteiger partial charge is 0.166 e. The second-order valence-corrected chi connectivity index (χ2v) is 2.60. The largest absolute Gasteiger partial charge is 0.316 e. The van der Waals surface area contributed by atoms with E-state index in [1.165, 1.54) is 12.1 Å². The van der Waals surface area contributed by atoms with Crippen molar-refractivity contribution < 1.29 is 8.78 Å². The maximum absolute atomic E-state index is 13.0. The molecule has 13 heavy (non-hydrogen) atoms. The van der Waals surface area contributed by atoms with Crippen molar-refractivity contribution >= 4 is 6.08 Å². The Morgan fingerprint density at radius 1 is 1.38 bits per heavy atom. The summed E-state index contributed by atoms with van der Waals surface area (Å²) in [7, 11) is 1.78. The van der Waals surface area contributed by atoms with E-state index < -0.39 is 11.6 Å². The zero-order valence-corrected chi connectivity index (χ0v) is 7.35. The number of likely N-dealkylation sites (N-methyl/N-ethyl adjacent to an activating group) is 1. The molecule has 0 aliphatic heterocycles. The summed E-state index contributed by atoms with van der Waals surface area (Å²) in [5.74, 6) is -1.61. The van der Waals surface area contributed by atoms with Gasteiger partial charge in [-0.25, -0.2) is 8.78 Å². The topological polar surface area (TPSA) is 12.0 Å². The third-order valence-electron chi connectivity index (χ3n) is 1.60. The van der Waals surface area contributed by atoms with Crippen molar-refractivity contribution in [2.24, 2.45) is 0 Å². The molecule has 1 nitrogen and oxygen atoms in total. The highest BCUT2D eigenvalue weighted by atomic mass is 19.2. The lowest BCUT2D eigenvalue weighted by Gasteiger charge is -1.97. The van der Waals surface area contributed by atoms with E-state index in [0.29, 0.717) is 6.54 Å². The number of rotatable bonds is 3. The van der Waals surface area contributed by atoms with Gasteiger partial charge in [0.2, 0.25) is 0 Å². The molecule has 1 N–H and O–H groups in total. The molecule has 0 saturated heterocycles. The Kier molecular flexibility index (Phi) is 3.58. The molecule has 1 aromatic carbocycles. The number of benzene rings is 1.